The molecule has 3 N–H and O–H groups in total. The van der Waals surface area contributed by atoms with Gasteiger partial charge in [0.1, 0.15) is 4.99 Å². The van der Waals surface area contributed by atoms with Crippen LogP contribution in [0.4, 0.5) is 5.69 Å². The van der Waals surface area contributed by atoms with Crippen molar-refractivity contribution in [2.75, 3.05) is 11.9 Å². The molecular formula is C14H19ClN2OS. The van der Waals surface area contributed by atoms with Crippen LogP contribution in [0, 0.1) is 0 Å². The molecule has 104 valence electrons. The first-order valence-corrected chi connectivity index (χ1v) is 7.16. The zero-order valence-electron chi connectivity index (χ0n) is 11.2. The van der Waals surface area contributed by atoms with Crippen LogP contribution in [0.15, 0.2) is 18.2 Å². The number of nitrogens with two attached hydrogens (primary N) is 1. The van der Waals surface area contributed by atoms with E-state index in [2.05, 4.69) is 19.2 Å². The summed E-state index contributed by atoms with van der Waals surface area (Å²) in [4.78, 5) is 0.319. The summed E-state index contributed by atoms with van der Waals surface area (Å²) in [7, 11) is 0. The molecule has 19 heavy (non-hydrogen) atoms. The van der Waals surface area contributed by atoms with Gasteiger partial charge >= 0.3 is 0 Å². The first-order chi connectivity index (χ1) is 8.89. The Kier molecular flexibility index (Phi) is 4.33. The molecule has 0 spiro atoms. The van der Waals surface area contributed by atoms with Gasteiger partial charge in [0.05, 0.1) is 16.2 Å². The third-order valence-electron chi connectivity index (χ3n) is 3.32. The van der Waals surface area contributed by atoms with Crippen LogP contribution in [0.1, 0.15) is 32.3 Å². The number of benzene rings is 1. The van der Waals surface area contributed by atoms with Crippen molar-refractivity contribution >= 4 is 34.5 Å². The molecule has 0 radical (unpaired) electrons. The monoisotopic (exact) mass is 298 g/mol. The highest BCUT2D eigenvalue weighted by molar-refractivity contribution is 7.80. The van der Waals surface area contributed by atoms with Crippen LogP contribution in [0.3, 0.4) is 0 Å². The van der Waals surface area contributed by atoms with Crippen molar-refractivity contribution < 1.29 is 4.74 Å². The minimum absolute atomic E-state index is 0.0993. The first-order valence-electron chi connectivity index (χ1n) is 6.38. The van der Waals surface area contributed by atoms with E-state index >= 15 is 0 Å². The summed E-state index contributed by atoms with van der Waals surface area (Å²) in [6, 6.07) is 6.00. The van der Waals surface area contributed by atoms with Gasteiger partial charge in [-0.15, -0.1) is 0 Å². The number of anilines is 1. The van der Waals surface area contributed by atoms with Crippen LogP contribution in [-0.4, -0.2) is 23.2 Å². The summed E-state index contributed by atoms with van der Waals surface area (Å²) >= 11 is 11.2. The van der Waals surface area contributed by atoms with E-state index in [1.54, 1.807) is 6.07 Å². The molecule has 3 nitrogen and oxygen atoms in total. The summed E-state index contributed by atoms with van der Waals surface area (Å²) in [5.74, 6) is 0. The Morgan fingerprint density at radius 1 is 1.53 bits per heavy atom. The Morgan fingerprint density at radius 2 is 2.26 bits per heavy atom. The number of nitrogens with one attached hydrogen (secondary N) is 1. The fraction of sp³-hybridized carbons (Fsp3) is 0.500. The molecule has 1 atom stereocenters. The Hall–Kier alpha value is -0.840. The Bertz CT molecular complexity index is 490. The fourth-order valence-corrected chi connectivity index (χ4v) is 3.02. The SMILES string of the molecule is CC1(C)CC(Nc2cccc(Cl)c2C(N)=S)CCO1. The topological polar surface area (TPSA) is 47.3 Å². The fourth-order valence-electron chi connectivity index (χ4n) is 2.47. The van der Waals surface area contributed by atoms with Gasteiger partial charge in [-0.2, -0.15) is 0 Å². The van der Waals surface area contributed by atoms with Crippen molar-refractivity contribution in [2.45, 2.75) is 38.3 Å². The van der Waals surface area contributed by atoms with Crippen LogP contribution in [0.25, 0.3) is 0 Å². The second-order valence-electron chi connectivity index (χ2n) is 5.47. The van der Waals surface area contributed by atoms with Crippen LogP contribution < -0.4 is 11.1 Å². The molecule has 1 fully saturated rings. The molecule has 1 aliphatic heterocycles. The standard InChI is InChI=1S/C14H19ClN2OS/c1-14(2)8-9(6-7-18-14)17-11-5-3-4-10(15)12(11)13(16)19/h3-5,9,17H,6-8H2,1-2H3,(H2,16,19). The van der Waals surface area contributed by atoms with E-state index in [0.717, 1.165) is 30.7 Å². The van der Waals surface area contributed by atoms with Gasteiger partial charge in [0.15, 0.2) is 0 Å². The predicted molar refractivity (Wildman–Crippen MR) is 84.0 cm³/mol. The highest BCUT2D eigenvalue weighted by Crippen LogP contribution is 2.29. The summed E-state index contributed by atoms with van der Waals surface area (Å²) in [5, 5.41) is 4.08. The predicted octanol–water partition coefficient (Wildman–Crippen LogP) is 3.34. The van der Waals surface area contributed by atoms with Crippen molar-refractivity contribution in [2.24, 2.45) is 5.73 Å². The average Bonchev–Trinajstić information content (AvgIpc) is 2.26. The maximum absolute atomic E-state index is 6.17. The lowest BCUT2D eigenvalue weighted by Crippen LogP contribution is -2.40. The van der Waals surface area contributed by atoms with Crippen LogP contribution in [0.5, 0.6) is 0 Å². The highest BCUT2D eigenvalue weighted by Gasteiger charge is 2.29. The van der Waals surface area contributed by atoms with E-state index in [-0.39, 0.29) is 5.60 Å². The zero-order chi connectivity index (χ0) is 14.0. The van der Waals surface area contributed by atoms with Crippen LogP contribution in [0.2, 0.25) is 5.02 Å². The molecule has 1 aliphatic rings. The molecule has 0 saturated carbocycles. The van der Waals surface area contributed by atoms with Gasteiger partial charge in [-0.1, -0.05) is 29.9 Å². The van der Waals surface area contributed by atoms with Gasteiger partial charge in [-0.25, -0.2) is 0 Å². The highest BCUT2D eigenvalue weighted by atomic mass is 35.5. The molecule has 0 bridgehead atoms. The number of rotatable bonds is 3. The summed E-state index contributed by atoms with van der Waals surface area (Å²) in [6.07, 6.45) is 1.91. The van der Waals surface area contributed by atoms with Crippen molar-refractivity contribution in [3.8, 4) is 0 Å². The normalized spacial score (nSPS) is 21.9. The lowest BCUT2D eigenvalue weighted by atomic mass is 9.93. The largest absolute Gasteiger partial charge is 0.389 e. The van der Waals surface area contributed by atoms with E-state index in [0.29, 0.717) is 16.1 Å². The van der Waals surface area contributed by atoms with E-state index < -0.39 is 0 Å². The smallest absolute Gasteiger partial charge is 0.107 e. The second kappa shape index (κ2) is 5.65. The zero-order valence-corrected chi connectivity index (χ0v) is 12.8. The number of halogens is 1. The maximum atomic E-state index is 6.17. The van der Waals surface area contributed by atoms with Crippen LogP contribution in [-0.2, 0) is 4.74 Å². The van der Waals surface area contributed by atoms with Crippen molar-refractivity contribution in [1.82, 2.24) is 0 Å². The molecule has 1 saturated heterocycles. The number of hydrogen-bond donors (Lipinski definition) is 2. The summed E-state index contributed by atoms with van der Waals surface area (Å²) in [6.45, 7) is 4.97. The van der Waals surface area contributed by atoms with E-state index in [9.17, 15) is 0 Å². The van der Waals surface area contributed by atoms with Crippen molar-refractivity contribution in [3.63, 3.8) is 0 Å². The molecular weight excluding hydrogens is 280 g/mol. The third kappa shape index (κ3) is 3.59. The molecule has 0 aliphatic carbocycles. The average molecular weight is 299 g/mol. The van der Waals surface area contributed by atoms with Crippen LogP contribution >= 0.6 is 23.8 Å². The summed E-state index contributed by atoms with van der Waals surface area (Å²) in [5.41, 5.74) is 7.29. The number of thiocarbonyl (C=S) groups is 1. The molecule has 5 heteroatoms. The van der Waals surface area contributed by atoms with E-state index in [1.165, 1.54) is 0 Å². The Morgan fingerprint density at radius 3 is 2.89 bits per heavy atom. The minimum atomic E-state index is -0.0993. The minimum Gasteiger partial charge on any atom is -0.389 e. The molecule has 0 amide bonds. The first kappa shape index (κ1) is 14.6. The summed E-state index contributed by atoms with van der Waals surface area (Å²) < 4.78 is 5.72. The number of ether oxygens (including phenoxy) is 1. The molecule has 0 aromatic heterocycles. The van der Waals surface area contributed by atoms with E-state index in [1.807, 2.05) is 12.1 Å². The Balaban J connectivity index is 2.19. The number of hydrogen-bond acceptors (Lipinski definition) is 3. The van der Waals surface area contributed by atoms with Gasteiger partial charge in [0.25, 0.3) is 0 Å². The van der Waals surface area contributed by atoms with E-state index in [4.69, 9.17) is 34.3 Å². The lowest BCUT2D eigenvalue weighted by molar-refractivity contribution is -0.0553. The molecule has 1 aromatic carbocycles. The van der Waals surface area contributed by atoms with Crippen molar-refractivity contribution in [1.29, 1.82) is 0 Å². The lowest BCUT2D eigenvalue weighted by Gasteiger charge is -2.36. The Labute approximate surface area is 124 Å². The molecule has 1 aromatic rings. The van der Waals surface area contributed by atoms with Gasteiger partial charge in [0, 0.05) is 18.3 Å². The van der Waals surface area contributed by atoms with Gasteiger partial charge in [-0.3, -0.25) is 0 Å². The quantitative estimate of drug-likeness (QED) is 0.840. The second-order valence-corrected chi connectivity index (χ2v) is 6.32. The molecule has 1 heterocycles. The third-order valence-corrected chi connectivity index (χ3v) is 3.84. The molecule has 1 unspecified atom stereocenters. The van der Waals surface area contributed by atoms with Gasteiger partial charge < -0.3 is 15.8 Å². The maximum Gasteiger partial charge on any atom is 0.107 e. The molecule has 2 rings (SSSR count). The van der Waals surface area contributed by atoms with Crippen molar-refractivity contribution in [3.05, 3.63) is 28.8 Å². The van der Waals surface area contributed by atoms with Gasteiger partial charge in [-0.05, 0) is 38.8 Å². The van der Waals surface area contributed by atoms with Gasteiger partial charge in [0.2, 0.25) is 0 Å².